The molecule has 7 heteroatoms. The van der Waals surface area contributed by atoms with E-state index in [2.05, 4.69) is 10.3 Å². The molecule has 0 saturated heterocycles. The van der Waals surface area contributed by atoms with E-state index in [0.29, 0.717) is 15.7 Å². The van der Waals surface area contributed by atoms with Crippen LogP contribution in [0.1, 0.15) is 16.8 Å². The minimum absolute atomic E-state index is 0.139. The zero-order valence-electron chi connectivity index (χ0n) is 14.0. The maximum Gasteiger partial charge on any atom is 0.407 e. The predicted molar refractivity (Wildman–Crippen MR) is 102 cm³/mol. The Bertz CT molecular complexity index is 912. The number of halogens is 1. The van der Waals surface area contributed by atoms with Crippen LogP contribution >= 0.6 is 22.9 Å². The van der Waals surface area contributed by atoms with Gasteiger partial charge in [-0.05, 0) is 36.2 Å². The first-order valence-electron chi connectivity index (χ1n) is 7.92. The van der Waals surface area contributed by atoms with Gasteiger partial charge in [0.25, 0.3) is 0 Å². The Kier molecular flexibility index (Phi) is 5.75. The van der Waals surface area contributed by atoms with Crippen molar-refractivity contribution >= 4 is 29.0 Å². The molecule has 0 unspecified atom stereocenters. The monoisotopic (exact) mass is 388 g/mol. The third kappa shape index (κ3) is 4.53. The highest BCUT2D eigenvalue weighted by Crippen LogP contribution is 2.35. The molecule has 0 aliphatic rings. The van der Waals surface area contributed by atoms with Crippen LogP contribution in [0.15, 0.2) is 48.5 Å². The quantitative estimate of drug-likeness (QED) is 0.651. The molecule has 3 rings (SSSR count). The third-order valence-corrected chi connectivity index (χ3v) is 5.03. The van der Waals surface area contributed by atoms with Gasteiger partial charge in [0.05, 0.1) is 20.6 Å². The van der Waals surface area contributed by atoms with Crippen molar-refractivity contribution in [1.82, 2.24) is 10.3 Å². The Morgan fingerprint density at radius 2 is 2.04 bits per heavy atom. The number of carbonyl (C=O) groups excluding carboxylic acids is 1. The first kappa shape index (κ1) is 18.2. The summed E-state index contributed by atoms with van der Waals surface area (Å²) < 4.78 is 5.81. The molecule has 0 aliphatic carbocycles. The van der Waals surface area contributed by atoms with Crippen molar-refractivity contribution in [2.24, 2.45) is 0 Å². The number of benzene rings is 1. The van der Waals surface area contributed by atoms with Gasteiger partial charge < -0.3 is 15.2 Å². The smallest absolute Gasteiger partial charge is 0.407 e. The molecule has 0 saturated carbocycles. The van der Waals surface area contributed by atoms with Crippen LogP contribution in [0.3, 0.4) is 0 Å². The molecule has 0 radical (unpaired) electrons. The maximum atomic E-state index is 11.9. The molecule has 2 heterocycles. The second-order valence-corrected chi connectivity index (χ2v) is 7.30. The largest absolute Gasteiger partial charge is 0.506 e. The first-order chi connectivity index (χ1) is 12.5. The lowest BCUT2D eigenvalue weighted by atomic mass is 10.2. The van der Waals surface area contributed by atoms with Crippen LogP contribution in [0.4, 0.5) is 4.79 Å². The molecule has 134 valence electrons. The highest BCUT2D eigenvalue weighted by atomic mass is 35.5. The lowest BCUT2D eigenvalue weighted by Crippen LogP contribution is -2.23. The van der Waals surface area contributed by atoms with Crippen molar-refractivity contribution in [2.45, 2.75) is 20.1 Å². The van der Waals surface area contributed by atoms with Crippen molar-refractivity contribution in [3.8, 4) is 16.3 Å². The summed E-state index contributed by atoms with van der Waals surface area (Å²) >= 11 is 7.51. The molecule has 5 nitrogen and oxygen atoms in total. The fourth-order valence-corrected chi connectivity index (χ4v) is 3.60. The highest BCUT2D eigenvalue weighted by Gasteiger charge is 2.14. The number of aryl methyl sites for hydroxylation is 1. The highest BCUT2D eigenvalue weighted by molar-refractivity contribution is 7.19. The van der Waals surface area contributed by atoms with Crippen LogP contribution < -0.4 is 5.32 Å². The number of nitrogens with zero attached hydrogens (tertiary/aromatic N) is 1. The zero-order chi connectivity index (χ0) is 18.5. The van der Waals surface area contributed by atoms with Gasteiger partial charge in [0, 0.05) is 6.54 Å². The lowest BCUT2D eigenvalue weighted by Gasteiger charge is -2.08. The van der Waals surface area contributed by atoms with Crippen LogP contribution in [0.2, 0.25) is 4.34 Å². The molecule has 1 aromatic carbocycles. The molecule has 1 amide bonds. The van der Waals surface area contributed by atoms with Gasteiger partial charge in [-0.1, -0.05) is 41.9 Å². The van der Waals surface area contributed by atoms with E-state index < -0.39 is 6.09 Å². The van der Waals surface area contributed by atoms with E-state index in [4.69, 9.17) is 16.3 Å². The molecule has 2 aromatic heterocycles. The van der Waals surface area contributed by atoms with Crippen LogP contribution in [-0.4, -0.2) is 16.2 Å². The van der Waals surface area contributed by atoms with Crippen molar-refractivity contribution in [3.05, 3.63) is 69.7 Å². The van der Waals surface area contributed by atoms with Crippen molar-refractivity contribution in [2.75, 3.05) is 0 Å². The van der Waals surface area contributed by atoms with E-state index in [1.54, 1.807) is 25.1 Å². The molecule has 2 N–H and O–H groups in total. The Balaban J connectivity index is 1.65. The average Bonchev–Trinajstić information content (AvgIpc) is 3.02. The Labute approximate surface area is 160 Å². The standard InChI is InChI=1S/C19H17ClN2O3S/c1-12-16(23)8-7-15(22-12)18-14(9-17(20)26-18)10-21-19(24)25-11-13-5-3-2-4-6-13/h2-9,23H,10-11H2,1H3,(H,21,24). The predicted octanol–water partition coefficient (Wildman–Crippen LogP) is 4.90. The summed E-state index contributed by atoms with van der Waals surface area (Å²) in [6.45, 7) is 2.21. The SMILES string of the molecule is Cc1nc(-c2sc(Cl)cc2CNC(=O)OCc2ccccc2)ccc1O. The van der Waals surface area contributed by atoms with Crippen LogP contribution in [0.25, 0.3) is 10.6 Å². The van der Waals surface area contributed by atoms with Crippen molar-refractivity contribution < 1.29 is 14.6 Å². The van der Waals surface area contributed by atoms with Gasteiger partial charge in [-0.2, -0.15) is 0 Å². The van der Waals surface area contributed by atoms with Gasteiger partial charge >= 0.3 is 6.09 Å². The number of aromatic nitrogens is 1. The summed E-state index contributed by atoms with van der Waals surface area (Å²) in [5, 5.41) is 12.4. The Hall–Kier alpha value is -2.57. The number of pyridine rings is 1. The van der Waals surface area contributed by atoms with E-state index >= 15 is 0 Å². The Morgan fingerprint density at radius 3 is 2.77 bits per heavy atom. The van der Waals surface area contributed by atoms with Crippen LogP contribution in [0, 0.1) is 6.92 Å². The summed E-state index contributed by atoms with van der Waals surface area (Å²) in [5.74, 6) is 0.139. The molecule has 0 aliphatic heterocycles. The fourth-order valence-electron chi connectivity index (χ4n) is 2.36. The molecular formula is C19H17ClN2O3S. The second kappa shape index (κ2) is 8.21. The van der Waals surface area contributed by atoms with Gasteiger partial charge in [-0.25, -0.2) is 9.78 Å². The van der Waals surface area contributed by atoms with Crippen LogP contribution in [0.5, 0.6) is 5.75 Å². The second-order valence-electron chi connectivity index (χ2n) is 5.62. The molecule has 0 spiro atoms. The third-order valence-electron chi connectivity index (χ3n) is 3.71. The molecule has 3 aromatic rings. The molecule has 0 atom stereocenters. The van der Waals surface area contributed by atoms with E-state index in [-0.39, 0.29) is 18.9 Å². The van der Waals surface area contributed by atoms with Crippen molar-refractivity contribution in [3.63, 3.8) is 0 Å². The van der Waals surface area contributed by atoms with E-state index in [1.165, 1.54) is 11.3 Å². The first-order valence-corrected chi connectivity index (χ1v) is 9.12. The summed E-state index contributed by atoms with van der Waals surface area (Å²) in [5.41, 5.74) is 3.00. The van der Waals surface area contributed by atoms with Gasteiger partial charge in [-0.15, -0.1) is 11.3 Å². The summed E-state index contributed by atoms with van der Waals surface area (Å²) in [7, 11) is 0. The number of hydrogen-bond donors (Lipinski definition) is 2. The number of hydrogen-bond acceptors (Lipinski definition) is 5. The van der Waals surface area contributed by atoms with E-state index in [0.717, 1.165) is 16.0 Å². The van der Waals surface area contributed by atoms with Gasteiger partial charge in [0.2, 0.25) is 0 Å². The maximum absolute atomic E-state index is 11.9. The Morgan fingerprint density at radius 1 is 1.27 bits per heavy atom. The number of aromatic hydroxyl groups is 1. The zero-order valence-corrected chi connectivity index (χ0v) is 15.6. The van der Waals surface area contributed by atoms with E-state index in [9.17, 15) is 9.90 Å². The summed E-state index contributed by atoms with van der Waals surface area (Å²) in [6, 6.07) is 14.6. The van der Waals surface area contributed by atoms with E-state index in [1.807, 2.05) is 30.3 Å². The lowest BCUT2D eigenvalue weighted by molar-refractivity contribution is 0.139. The number of rotatable bonds is 5. The van der Waals surface area contributed by atoms with Gasteiger partial charge in [0.15, 0.2) is 0 Å². The van der Waals surface area contributed by atoms with Crippen LogP contribution in [-0.2, 0) is 17.9 Å². The fraction of sp³-hybridized carbons (Fsp3) is 0.158. The number of thiophene rings is 1. The van der Waals surface area contributed by atoms with Crippen molar-refractivity contribution in [1.29, 1.82) is 0 Å². The van der Waals surface area contributed by atoms with Gasteiger partial charge in [-0.3, -0.25) is 0 Å². The number of carbonyl (C=O) groups is 1. The topological polar surface area (TPSA) is 71.5 Å². The molecule has 0 fully saturated rings. The number of amides is 1. The number of ether oxygens (including phenoxy) is 1. The summed E-state index contributed by atoms with van der Waals surface area (Å²) in [6.07, 6.45) is -0.503. The minimum Gasteiger partial charge on any atom is -0.506 e. The molecular weight excluding hydrogens is 372 g/mol. The van der Waals surface area contributed by atoms with Gasteiger partial charge in [0.1, 0.15) is 12.4 Å². The normalized spacial score (nSPS) is 10.5. The molecule has 0 bridgehead atoms. The minimum atomic E-state index is -0.503. The molecule has 26 heavy (non-hydrogen) atoms. The number of nitrogens with one attached hydrogen (secondary N) is 1. The summed E-state index contributed by atoms with van der Waals surface area (Å²) in [4.78, 5) is 17.2. The number of alkyl carbamates (subject to hydrolysis) is 1. The average molecular weight is 389 g/mol.